The lowest BCUT2D eigenvalue weighted by Crippen LogP contribution is -2.28. The van der Waals surface area contributed by atoms with E-state index in [1.165, 1.54) is 17.5 Å². The minimum Gasteiger partial charge on any atom is -0.317 e. The van der Waals surface area contributed by atoms with Gasteiger partial charge >= 0.3 is 0 Å². The quantitative estimate of drug-likeness (QED) is 0.808. The summed E-state index contributed by atoms with van der Waals surface area (Å²) in [5, 5.41) is 3.35. The number of aryl methyl sites for hydroxylation is 1. The Morgan fingerprint density at radius 2 is 2.06 bits per heavy atom. The van der Waals surface area contributed by atoms with Crippen LogP contribution in [-0.2, 0) is 0 Å². The molecule has 1 aromatic rings. The van der Waals surface area contributed by atoms with Crippen LogP contribution in [0.2, 0.25) is 0 Å². The van der Waals surface area contributed by atoms with Crippen molar-refractivity contribution in [2.24, 2.45) is 5.92 Å². The molecule has 0 bridgehead atoms. The molecule has 3 unspecified atom stereocenters. The van der Waals surface area contributed by atoms with Crippen molar-refractivity contribution in [3.63, 3.8) is 0 Å². The lowest BCUT2D eigenvalue weighted by atomic mass is 9.86. The molecule has 88 valence electrons. The third-order valence-electron chi connectivity index (χ3n) is 4.07. The zero-order valence-corrected chi connectivity index (χ0v) is 10.3. The highest BCUT2D eigenvalue weighted by molar-refractivity contribution is 5.31. The fraction of sp³-hybridized carbons (Fsp3) is 0.571. The van der Waals surface area contributed by atoms with Crippen LogP contribution in [0, 0.1) is 18.7 Å². The molecule has 1 nitrogen and oxygen atoms in total. The lowest BCUT2D eigenvalue weighted by Gasteiger charge is -2.22. The van der Waals surface area contributed by atoms with Crippen LogP contribution in [0.3, 0.4) is 0 Å². The van der Waals surface area contributed by atoms with Gasteiger partial charge in [-0.1, -0.05) is 13.0 Å². The van der Waals surface area contributed by atoms with Gasteiger partial charge in [-0.2, -0.15) is 0 Å². The molecule has 2 rings (SSSR count). The smallest absolute Gasteiger partial charge is 0.123 e. The first-order valence-electron chi connectivity index (χ1n) is 6.06. The molecule has 0 aromatic heterocycles. The molecule has 0 amide bonds. The van der Waals surface area contributed by atoms with E-state index in [0.29, 0.717) is 17.9 Å². The molecule has 16 heavy (non-hydrogen) atoms. The van der Waals surface area contributed by atoms with E-state index in [1.807, 2.05) is 13.1 Å². The number of benzene rings is 1. The Kier molecular flexibility index (Phi) is 3.29. The molecule has 1 aromatic carbocycles. The van der Waals surface area contributed by atoms with Gasteiger partial charge in [0, 0.05) is 6.04 Å². The van der Waals surface area contributed by atoms with Crippen molar-refractivity contribution >= 4 is 0 Å². The Bertz CT molecular complexity index is 375. The topological polar surface area (TPSA) is 12.0 Å². The average molecular weight is 221 g/mol. The molecule has 1 aliphatic rings. The fourth-order valence-electron chi connectivity index (χ4n) is 3.02. The highest BCUT2D eigenvalue weighted by atomic mass is 19.1. The second-order valence-electron chi connectivity index (χ2n) is 4.94. The second kappa shape index (κ2) is 4.54. The van der Waals surface area contributed by atoms with Crippen molar-refractivity contribution in [3.8, 4) is 0 Å². The molecule has 3 atom stereocenters. The zero-order chi connectivity index (χ0) is 11.7. The third-order valence-corrected chi connectivity index (χ3v) is 4.07. The molecular weight excluding hydrogens is 201 g/mol. The van der Waals surface area contributed by atoms with E-state index in [0.717, 1.165) is 6.42 Å². The average Bonchev–Trinajstić information content (AvgIpc) is 2.63. The molecule has 0 saturated heterocycles. The summed E-state index contributed by atoms with van der Waals surface area (Å²) < 4.78 is 13.3. The van der Waals surface area contributed by atoms with Crippen molar-refractivity contribution in [3.05, 3.63) is 35.1 Å². The van der Waals surface area contributed by atoms with Crippen molar-refractivity contribution in [1.82, 2.24) is 5.32 Å². The normalized spacial score (nSPS) is 29.6. The second-order valence-corrected chi connectivity index (χ2v) is 4.94. The SMILES string of the molecule is CNC1CCC(c2cc(F)ccc2C)C1C. The standard InChI is InChI=1S/C14H20FN/c1-9-4-5-11(15)8-13(9)12-6-7-14(16-3)10(12)2/h4-5,8,10,12,14,16H,6-7H2,1-3H3. The van der Waals surface area contributed by atoms with Crippen molar-refractivity contribution in [2.75, 3.05) is 7.05 Å². The van der Waals surface area contributed by atoms with Gasteiger partial charge in [0.15, 0.2) is 0 Å². The number of halogens is 1. The molecule has 2 heteroatoms. The van der Waals surface area contributed by atoms with Gasteiger partial charge in [0.05, 0.1) is 0 Å². The van der Waals surface area contributed by atoms with Gasteiger partial charge in [-0.3, -0.25) is 0 Å². The number of nitrogens with one attached hydrogen (secondary N) is 1. The maximum absolute atomic E-state index is 13.3. The monoisotopic (exact) mass is 221 g/mol. The summed E-state index contributed by atoms with van der Waals surface area (Å²) in [6.45, 7) is 4.34. The first-order valence-corrected chi connectivity index (χ1v) is 6.06. The van der Waals surface area contributed by atoms with Crippen LogP contribution in [0.15, 0.2) is 18.2 Å². The van der Waals surface area contributed by atoms with Gasteiger partial charge in [-0.05, 0) is 61.9 Å². The largest absolute Gasteiger partial charge is 0.317 e. The van der Waals surface area contributed by atoms with E-state index < -0.39 is 0 Å². The van der Waals surface area contributed by atoms with Gasteiger partial charge in [-0.15, -0.1) is 0 Å². The Morgan fingerprint density at radius 1 is 1.31 bits per heavy atom. The van der Waals surface area contributed by atoms with E-state index in [4.69, 9.17) is 0 Å². The maximum atomic E-state index is 13.3. The van der Waals surface area contributed by atoms with E-state index in [1.54, 1.807) is 12.1 Å². The number of rotatable bonds is 2. The Balaban J connectivity index is 2.28. The summed E-state index contributed by atoms with van der Waals surface area (Å²) in [5.41, 5.74) is 2.42. The van der Waals surface area contributed by atoms with E-state index >= 15 is 0 Å². The summed E-state index contributed by atoms with van der Waals surface area (Å²) in [6, 6.07) is 5.74. The number of hydrogen-bond acceptors (Lipinski definition) is 1. The van der Waals surface area contributed by atoms with Crippen LogP contribution in [0.1, 0.15) is 36.8 Å². The molecule has 1 saturated carbocycles. The Hall–Kier alpha value is -0.890. The summed E-state index contributed by atoms with van der Waals surface area (Å²) in [4.78, 5) is 0. The van der Waals surface area contributed by atoms with Crippen LogP contribution in [0.5, 0.6) is 0 Å². The predicted molar refractivity (Wildman–Crippen MR) is 65.1 cm³/mol. The first-order chi connectivity index (χ1) is 7.63. The maximum Gasteiger partial charge on any atom is 0.123 e. The number of hydrogen-bond donors (Lipinski definition) is 1. The van der Waals surface area contributed by atoms with Crippen LogP contribution in [-0.4, -0.2) is 13.1 Å². The van der Waals surface area contributed by atoms with Crippen molar-refractivity contribution in [2.45, 2.75) is 38.6 Å². The van der Waals surface area contributed by atoms with E-state index in [9.17, 15) is 4.39 Å². The highest BCUT2D eigenvalue weighted by Crippen LogP contribution is 2.40. The summed E-state index contributed by atoms with van der Waals surface area (Å²) in [6.07, 6.45) is 2.36. The van der Waals surface area contributed by atoms with E-state index in [2.05, 4.69) is 19.2 Å². The molecule has 0 aliphatic heterocycles. The van der Waals surface area contributed by atoms with Gasteiger partial charge in [0.25, 0.3) is 0 Å². The van der Waals surface area contributed by atoms with Crippen LogP contribution < -0.4 is 5.32 Å². The molecule has 0 spiro atoms. The summed E-state index contributed by atoms with van der Waals surface area (Å²) in [5.74, 6) is 0.986. The van der Waals surface area contributed by atoms with E-state index in [-0.39, 0.29) is 5.82 Å². The van der Waals surface area contributed by atoms with Gasteiger partial charge in [0.2, 0.25) is 0 Å². The highest BCUT2D eigenvalue weighted by Gasteiger charge is 2.33. The Labute approximate surface area is 97.1 Å². The molecule has 0 heterocycles. The third kappa shape index (κ3) is 1.99. The molecule has 1 fully saturated rings. The van der Waals surface area contributed by atoms with Gasteiger partial charge in [0.1, 0.15) is 5.82 Å². The molecule has 1 aliphatic carbocycles. The lowest BCUT2D eigenvalue weighted by molar-refractivity contribution is 0.427. The van der Waals surface area contributed by atoms with Crippen molar-refractivity contribution < 1.29 is 4.39 Å². The first kappa shape index (κ1) is 11.6. The minimum atomic E-state index is -0.110. The summed E-state index contributed by atoms with van der Waals surface area (Å²) >= 11 is 0. The van der Waals surface area contributed by atoms with Crippen LogP contribution in [0.25, 0.3) is 0 Å². The predicted octanol–water partition coefficient (Wildman–Crippen LogP) is 3.24. The summed E-state index contributed by atoms with van der Waals surface area (Å²) in [7, 11) is 2.02. The fourth-order valence-corrected chi connectivity index (χ4v) is 3.02. The minimum absolute atomic E-state index is 0.110. The molecular formula is C14H20FN. The van der Waals surface area contributed by atoms with Crippen LogP contribution >= 0.6 is 0 Å². The molecule has 1 N–H and O–H groups in total. The van der Waals surface area contributed by atoms with Gasteiger partial charge in [-0.25, -0.2) is 4.39 Å². The Morgan fingerprint density at radius 3 is 2.69 bits per heavy atom. The zero-order valence-electron chi connectivity index (χ0n) is 10.3. The molecule has 0 radical (unpaired) electrons. The van der Waals surface area contributed by atoms with Crippen molar-refractivity contribution in [1.29, 1.82) is 0 Å². The van der Waals surface area contributed by atoms with Crippen LogP contribution in [0.4, 0.5) is 4.39 Å². The van der Waals surface area contributed by atoms with Gasteiger partial charge < -0.3 is 5.32 Å².